The molecule has 30 heavy (non-hydrogen) atoms. The predicted molar refractivity (Wildman–Crippen MR) is 112 cm³/mol. The van der Waals surface area contributed by atoms with Crippen molar-refractivity contribution >= 4 is 23.6 Å². The van der Waals surface area contributed by atoms with Gasteiger partial charge in [0, 0.05) is 17.3 Å². The summed E-state index contributed by atoms with van der Waals surface area (Å²) in [6.45, 7) is 0.311. The number of aromatic nitrogens is 1. The molecule has 0 fully saturated rings. The fourth-order valence-electron chi connectivity index (χ4n) is 3.00. The molecule has 7 heteroatoms. The molecule has 1 aromatic heterocycles. The molecule has 4 rings (SSSR count). The Morgan fingerprint density at radius 2 is 2.00 bits per heavy atom. The summed E-state index contributed by atoms with van der Waals surface area (Å²) in [7, 11) is 1.56. The Hall–Kier alpha value is -4.13. The van der Waals surface area contributed by atoms with Gasteiger partial charge < -0.3 is 20.1 Å². The van der Waals surface area contributed by atoms with Crippen molar-refractivity contribution in [2.24, 2.45) is 0 Å². The number of carbonyl (C=O) groups excluding carboxylic acids is 2. The Morgan fingerprint density at radius 1 is 1.17 bits per heavy atom. The normalized spacial score (nSPS) is 13.8. The Labute approximate surface area is 173 Å². The van der Waals surface area contributed by atoms with E-state index in [2.05, 4.69) is 15.6 Å². The molecule has 0 saturated heterocycles. The number of fused-ring (bicyclic) bond motifs is 1. The molecular weight excluding hydrogens is 382 g/mol. The zero-order valence-electron chi connectivity index (χ0n) is 16.2. The first kappa shape index (κ1) is 19.2. The minimum atomic E-state index is -0.403. The second-order valence-corrected chi connectivity index (χ2v) is 6.52. The molecule has 1 aliphatic rings. The highest BCUT2D eigenvalue weighted by Gasteiger charge is 2.23. The molecule has 0 unspecified atom stereocenters. The molecule has 3 aromatic rings. The van der Waals surface area contributed by atoms with Gasteiger partial charge in [-0.25, -0.2) is 0 Å². The molecule has 0 radical (unpaired) electrons. The van der Waals surface area contributed by atoms with Crippen LogP contribution in [0.1, 0.15) is 21.6 Å². The summed E-state index contributed by atoms with van der Waals surface area (Å²) >= 11 is 0. The van der Waals surface area contributed by atoms with Gasteiger partial charge in [-0.05, 0) is 42.5 Å². The van der Waals surface area contributed by atoms with Gasteiger partial charge in [-0.3, -0.25) is 14.6 Å². The van der Waals surface area contributed by atoms with E-state index in [1.54, 1.807) is 43.6 Å². The van der Waals surface area contributed by atoms with Crippen LogP contribution in [0.5, 0.6) is 11.5 Å². The van der Waals surface area contributed by atoms with Crippen molar-refractivity contribution in [2.75, 3.05) is 12.4 Å². The monoisotopic (exact) mass is 401 g/mol. The Morgan fingerprint density at radius 3 is 2.80 bits per heavy atom. The maximum atomic E-state index is 12.5. The smallest absolute Gasteiger partial charge is 0.291 e. The number of rotatable bonds is 5. The van der Waals surface area contributed by atoms with Gasteiger partial charge in [-0.15, -0.1) is 0 Å². The van der Waals surface area contributed by atoms with Crippen LogP contribution in [0.3, 0.4) is 0 Å². The SMILES string of the molecule is COc1ccccc1/C=C1\Oc2ccc(C(=O)NCc3ccccn3)cc2NC1=O. The van der Waals surface area contributed by atoms with Crippen molar-refractivity contribution in [1.29, 1.82) is 0 Å². The number of ether oxygens (including phenoxy) is 2. The maximum Gasteiger partial charge on any atom is 0.291 e. The molecule has 0 aliphatic carbocycles. The Kier molecular flexibility index (Phi) is 5.43. The molecule has 1 aliphatic heterocycles. The predicted octanol–water partition coefficient (Wildman–Crippen LogP) is 3.39. The third-order valence-corrected chi connectivity index (χ3v) is 4.52. The topological polar surface area (TPSA) is 89.6 Å². The van der Waals surface area contributed by atoms with Gasteiger partial charge in [0.15, 0.2) is 11.5 Å². The largest absolute Gasteiger partial charge is 0.496 e. The molecule has 0 bridgehead atoms. The lowest BCUT2D eigenvalue weighted by molar-refractivity contribution is -0.115. The van der Waals surface area contributed by atoms with Crippen molar-refractivity contribution in [3.05, 3.63) is 89.4 Å². The molecule has 2 N–H and O–H groups in total. The third kappa shape index (κ3) is 4.15. The van der Waals surface area contributed by atoms with Crippen LogP contribution < -0.4 is 20.1 Å². The summed E-state index contributed by atoms with van der Waals surface area (Å²) in [4.78, 5) is 29.1. The molecular formula is C23H19N3O4. The summed E-state index contributed by atoms with van der Waals surface area (Å²) in [6, 6.07) is 17.7. The van der Waals surface area contributed by atoms with Crippen LogP contribution in [-0.4, -0.2) is 23.9 Å². The van der Waals surface area contributed by atoms with Crippen molar-refractivity contribution in [2.45, 2.75) is 6.54 Å². The average molecular weight is 401 g/mol. The van der Waals surface area contributed by atoms with Gasteiger partial charge in [-0.2, -0.15) is 0 Å². The number of hydrogen-bond donors (Lipinski definition) is 2. The van der Waals surface area contributed by atoms with Crippen LogP contribution >= 0.6 is 0 Å². The van der Waals surface area contributed by atoms with E-state index in [-0.39, 0.29) is 11.7 Å². The van der Waals surface area contributed by atoms with E-state index in [0.717, 1.165) is 11.3 Å². The summed E-state index contributed by atoms with van der Waals surface area (Å²) in [5.41, 5.74) is 2.32. The van der Waals surface area contributed by atoms with E-state index in [0.29, 0.717) is 29.3 Å². The quantitative estimate of drug-likeness (QED) is 0.640. The van der Waals surface area contributed by atoms with Crippen molar-refractivity contribution in [3.8, 4) is 11.5 Å². The lowest BCUT2D eigenvalue weighted by Crippen LogP contribution is -2.26. The van der Waals surface area contributed by atoms with E-state index >= 15 is 0 Å². The van der Waals surface area contributed by atoms with Gasteiger partial charge in [0.25, 0.3) is 11.8 Å². The lowest BCUT2D eigenvalue weighted by Gasteiger charge is -2.20. The molecule has 150 valence electrons. The van der Waals surface area contributed by atoms with Gasteiger partial charge in [0.2, 0.25) is 0 Å². The van der Waals surface area contributed by atoms with Gasteiger partial charge in [0.05, 0.1) is 25.0 Å². The molecule has 2 aromatic carbocycles. The van der Waals surface area contributed by atoms with Gasteiger partial charge >= 0.3 is 0 Å². The minimum absolute atomic E-state index is 0.138. The van der Waals surface area contributed by atoms with Crippen LogP contribution in [0.15, 0.2) is 72.6 Å². The van der Waals surface area contributed by atoms with Gasteiger partial charge in [-0.1, -0.05) is 24.3 Å². The number of anilines is 1. The zero-order chi connectivity index (χ0) is 20.9. The number of methoxy groups -OCH3 is 1. The minimum Gasteiger partial charge on any atom is -0.496 e. The number of nitrogens with zero attached hydrogens (tertiary/aromatic N) is 1. The summed E-state index contributed by atoms with van der Waals surface area (Å²) in [5, 5.41) is 5.58. The molecule has 2 amide bonds. The lowest BCUT2D eigenvalue weighted by atomic mass is 10.1. The fourth-order valence-corrected chi connectivity index (χ4v) is 3.00. The maximum absolute atomic E-state index is 12.5. The summed E-state index contributed by atoms with van der Waals surface area (Å²) in [6.07, 6.45) is 3.29. The molecule has 0 saturated carbocycles. The number of hydrogen-bond acceptors (Lipinski definition) is 5. The van der Waals surface area contributed by atoms with Crippen molar-refractivity contribution in [3.63, 3.8) is 0 Å². The second-order valence-electron chi connectivity index (χ2n) is 6.52. The summed E-state index contributed by atoms with van der Waals surface area (Å²) in [5.74, 6) is 0.552. The number of carbonyl (C=O) groups is 2. The van der Waals surface area contributed by atoms with Crippen LogP contribution in [0.4, 0.5) is 5.69 Å². The highest BCUT2D eigenvalue weighted by Crippen LogP contribution is 2.33. The van der Waals surface area contributed by atoms with Crippen LogP contribution in [-0.2, 0) is 11.3 Å². The second kappa shape index (κ2) is 8.48. The number of pyridine rings is 1. The first-order valence-electron chi connectivity index (χ1n) is 9.30. The molecule has 2 heterocycles. The van der Waals surface area contributed by atoms with Gasteiger partial charge in [0.1, 0.15) is 5.75 Å². The van der Waals surface area contributed by atoms with E-state index in [1.165, 1.54) is 0 Å². The van der Waals surface area contributed by atoms with Crippen molar-refractivity contribution in [1.82, 2.24) is 10.3 Å². The van der Waals surface area contributed by atoms with Crippen LogP contribution in [0, 0.1) is 0 Å². The number of para-hydroxylation sites is 1. The Balaban J connectivity index is 1.51. The first-order chi connectivity index (χ1) is 14.6. The fraction of sp³-hybridized carbons (Fsp3) is 0.0870. The standard InChI is InChI=1S/C23H19N3O4/c1-29-19-8-3-2-6-15(19)13-21-23(28)26-18-12-16(9-10-20(18)30-21)22(27)25-14-17-7-4-5-11-24-17/h2-13H,14H2,1H3,(H,25,27)(H,26,28)/b21-13-. The zero-order valence-corrected chi connectivity index (χ0v) is 16.2. The number of benzene rings is 2. The first-order valence-corrected chi connectivity index (χ1v) is 9.30. The van der Waals surface area contributed by atoms with E-state index in [1.807, 2.05) is 36.4 Å². The van der Waals surface area contributed by atoms with Crippen LogP contribution in [0.2, 0.25) is 0 Å². The summed E-state index contributed by atoms with van der Waals surface area (Å²) < 4.78 is 11.1. The van der Waals surface area contributed by atoms with E-state index < -0.39 is 5.91 Å². The highest BCUT2D eigenvalue weighted by molar-refractivity contribution is 6.09. The third-order valence-electron chi connectivity index (χ3n) is 4.52. The van der Waals surface area contributed by atoms with Crippen molar-refractivity contribution < 1.29 is 19.1 Å². The van der Waals surface area contributed by atoms with E-state index in [9.17, 15) is 9.59 Å². The average Bonchev–Trinajstić information content (AvgIpc) is 2.78. The van der Waals surface area contributed by atoms with E-state index in [4.69, 9.17) is 9.47 Å². The Bertz CT molecular complexity index is 1130. The van der Waals surface area contributed by atoms with Crippen LogP contribution in [0.25, 0.3) is 6.08 Å². The number of amides is 2. The highest BCUT2D eigenvalue weighted by atomic mass is 16.5. The molecule has 7 nitrogen and oxygen atoms in total. The molecule has 0 atom stereocenters. The molecule has 0 spiro atoms. The number of nitrogens with one attached hydrogen (secondary N) is 2.